The zero-order valence-electron chi connectivity index (χ0n) is 13.7. The van der Waals surface area contributed by atoms with Crippen molar-refractivity contribution in [2.75, 3.05) is 39.3 Å². The van der Waals surface area contributed by atoms with Crippen molar-refractivity contribution in [2.24, 2.45) is 0 Å². The van der Waals surface area contributed by atoms with Gasteiger partial charge in [-0.25, -0.2) is 0 Å². The van der Waals surface area contributed by atoms with E-state index in [0.29, 0.717) is 35.6 Å². The van der Waals surface area contributed by atoms with Gasteiger partial charge < -0.3 is 20.0 Å². The van der Waals surface area contributed by atoms with Crippen LogP contribution in [-0.4, -0.2) is 55.9 Å². The molecule has 1 saturated heterocycles. The Balaban J connectivity index is 1.51. The van der Waals surface area contributed by atoms with Gasteiger partial charge in [-0.3, -0.25) is 9.59 Å². The number of piperazine rings is 1. The van der Waals surface area contributed by atoms with Crippen molar-refractivity contribution >= 4 is 11.7 Å². The maximum absolute atomic E-state index is 12.3. The molecule has 3 rings (SSSR count). The van der Waals surface area contributed by atoms with Crippen molar-refractivity contribution in [3.63, 3.8) is 0 Å². The lowest BCUT2D eigenvalue weighted by molar-refractivity contribution is 0.0917. The topological polar surface area (TPSA) is 74.6 Å². The molecule has 2 aliphatic rings. The van der Waals surface area contributed by atoms with Gasteiger partial charge in [0, 0.05) is 51.1 Å². The van der Waals surface area contributed by atoms with Crippen LogP contribution in [0.25, 0.3) is 0 Å². The lowest BCUT2D eigenvalue weighted by Gasteiger charge is -2.26. The second-order valence-electron chi connectivity index (χ2n) is 6.33. The Morgan fingerprint density at radius 1 is 1.30 bits per heavy atom. The molecular formula is C17H25N3O3. The van der Waals surface area contributed by atoms with Crippen molar-refractivity contribution in [2.45, 2.75) is 32.6 Å². The Kier molecular flexibility index (Phi) is 5.13. The number of furan rings is 1. The fraction of sp³-hybridized carbons (Fsp3) is 0.647. The molecule has 0 aromatic carbocycles. The fourth-order valence-corrected chi connectivity index (χ4v) is 3.38. The van der Waals surface area contributed by atoms with Gasteiger partial charge in [-0.15, -0.1) is 0 Å². The van der Waals surface area contributed by atoms with Crippen LogP contribution in [0.2, 0.25) is 0 Å². The number of amides is 1. The molecule has 1 amide bonds. The van der Waals surface area contributed by atoms with E-state index in [1.807, 2.05) is 0 Å². The number of nitrogens with one attached hydrogen (secondary N) is 2. The van der Waals surface area contributed by atoms with Gasteiger partial charge in [0.1, 0.15) is 5.76 Å². The Labute approximate surface area is 136 Å². The first kappa shape index (κ1) is 16.2. The van der Waals surface area contributed by atoms with Gasteiger partial charge in [-0.1, -0.05) is 0 Å². The molecule has 2 N–H and O–H groups in total. The molecule has 0 spiro atoms. The number of hydrogen-bond donors (Lipinski definition) is 2. The Morgan fingerprint density at radius 2 is 2.09 bits per heavy atom. The summed E-state index contributed by atoms with van der Waals surface area (Å²) >= 11 is 0. The number of carbonyl (C=O) groups is 2. The summed E-state index contributed by atoms with van der Waals surface area (Å²) < 4.78 is 5.66. The standard InChI is InChI=1S/C17H25N3O3/c1-12-15-13(21)4-2-5-14(15)23-16(12)17(22)19-6-3-9-20-10-7-18-8-11-20/h18H,2-11H2,1H3,(H,19,22). The third kappa shape index (κ3) is 3.64. The smallest absolute Gasteiger partial charge is 0.287 e. The molecule has 1 aromatic heterocycles. The van der Waals surface area contributed by atoms with Gasteiger partial charge in [0.25, 0.3) is 5.91 Å². The van der Waals surface area contributed by atoms with Crippen LogP contribution < -0.4 is 10.6 Å². The van der Waals surface area contributed by atoms with Crippen LogP contribution in [-0.2, 0) is 6.42 Å². The van der Waals surface area contributed by atoms with Crippen LogP contribution >= 0.6 is 0 Å². The van der Waals surface area contributed by atoms with Crippen molar-refractivity contribution in [1.82, 2.24) is 15.5 Å². The lowest BCUT2D eigenvalue weighted by atomic mass is 9.94. The van der Waals surface area contributed by atoms with E-state index in [1.54, 1.807) is 6.92 Å². The van der Waals surface area contributed by atoms with Crippen molar-refractivity contribution in [3.8, 4) is 0 Å². The maximum atomic E-state index is 12.3. The van der Waals surface area contributed by atoms with Crippen molar-refractivity contribution in [3.05, 3.63) is 22.6 Å². The zero-order valence-corrected chi connectivity index (χ0v) is 13.7. The van der Waals surface area contributed by atoms with Gasteiger partial charge in [-0.05, 0) is 26.3 Å². The average Bonchev–Trinajstić information content (AvgIpc) is 2.91. The average molecular weight is 319 g/mol. The van der Waals surface area contributed by atoms with Crippen LogP contribution in [0, 0.1) is 6.92 Å². The highest BCUT2D eigenvalue weighted by Gasteiger charge is 2.28. The molecule has 1 aliphatic heterocycles. The minimum Gasteiger partial charge on any atom is -0.455 e. The van der Waals surface area contributed by atoms with E-state index in [1.165, 1.54) is 0 Å². The van der Waals surface area contributed by atoms with Crippen LogP contribution in [0.1, 0.15) is 51.5 Å². The Morgan fingerprint density at radius 3 is 2.83 bits per heavy atom. The molecule has 23 heavy (non-hydrogen) atoms. The third-order valence-corrected chi connectivity index (χ3v) is 4.66. The third-order valence-electron chi connectivity index (χ3n) is 4.66. The molecule has 0 saturated carbocycles. The molecule has 0 atom stereocenters. The highest BCUT2D eigenvalue weighted by molar-refractivity contribution is 6.03. The van der Waals surface area contributed by atoms with Crippen LogP contribution in [0.15, 0.2) is 4.42 Å². The zero-order chi connectivity index (χ0) is 16.2. The molecule has 0 radical (unpaired) electrons. The predicted molar refractivity (Wildman–Crippen MR) is 87.0 cm³/mol. The van der Waals surface area contributed by atoms with Crippen molar-refractivity contribution < 1.29 is 14.0 Å². The summed E-state index contributed by atoms with van der Waals surface area (Å²) in [6, 6.07) is 0. The molecule has 1 aliphatic carbocycles. The van der Waals surface area contributed by atoms with E-state index in [4.69, 9.17) is 4.42 Å². The maximum Gasteiger partial charge on any atom is 0.287 e. The van der Waals surface area contributed by atoms with E-state index in [2.05, 4.69) is 15.5 Å². The summed E-state index contributed by atoms with van der Waals surface area (Å²) in [5.74, 6) is 0.896. The normalized spacial score (nSPS) is 18.7. The van der Waals surface area contributed by atoms with E-state index in [9.17, 15) is 9.59 Å². The minimum atomic E-state index is -0.204. The van der Waals surface area contributed by atoms with Gasteiger partial charge in [0.15, 0.2) is 11.5 Å². The predicted octanol–water partition coefficient (Wildman–Crippen LogP) is 1.13. The quantitative estimate of drug-likeness (QED) is 0.796. The molecule has 6 nitrogen and oxygen atoms in total. The number of fused-ring (bicyclic) bond motifs is 1. The van der Waals surface area contributed by atoms with E-state index < -0.39 is 0 Å². The highest BCUT2D eigenvalue weighted by atomic mass is 16.4. The molecule has 1 aromatic rings. The van der Waals surface area contributed by atoms with Gasteiger partial charge in [-0.2, -0.15) is 0 Å². The van der Waals surface area contributed by atoms with E-state index >= 15 is 0 Å². The number of ketones is 1. The molecule has 6 heteroatoms. The number of aryl methyl sites for hydroxylation is 1. The molecule has 0 bridgehead atoms. The monoisotopic (exact) mass is 319 g/mol. The summed E-state index contributed by atoms with van der Waals surface area (Å²) in [6.45, 7) is 7.64. The fourth-order valence-electron chi connectivity index (χ4n) is 3.38. The molecule has 0 unspecified atom stereocenters. The van der Waals surface area contributed by atoms with Crippen molar-refractivity contribution in [1.29, 1.82) is 0 Å². The Bertz CT molecular complexity index is 588. The van der Waals surface area contributed by atoms with Crippen LogP contribution in [0.4, 0.5) is 0 Å². The SMILES string of the molecule is Cc1c(C(=O)NCCCN2CCNCC2)oc2c1C(=O)CCC2. The number of rotatable bonds is 5. The second-order valence-corrected chi connectivity index (χ2v) is 6.33. The highest BCUT2D eigenvalue weighted by Crippen LogP contribution is 2.29. The summed E-state index contributed by atoms with van der Waals surface area (Å²) in [5.41, 5.74) is 1.34. The number of nitrogens with zero attached hydrogens (tertiary/aromatic N) is 1. The number of carbonyl (C=O) groups excluding carboxylic acids is 2. The first-order chi connectivity index (χ1) is 11.2. The van der Waals surface area contributed by atoms with Crippen LogP contribution in [0.5, 0.6) is 0 Å². The molecule has 2 heterocycles. The number of hydrogen-bond acceptors (Lipinski definition) is 5. The molecule has 126 valence electrons. The molecule has 1 fully saturated rings. The van der Waals surface area contributed by atoms with Crippen LogP contribution in [0.3, 0.4) is 0 Å². The molecular weight excluding hydrogens is 294 g/mol. The minimum absolute atomic E-state index is 0.102. The largest absolute Gasteiger partial charge is 0.455 e. The first-order valence-corrected chi connectivity index (χ1v) is 8.53. The number of Topliss-reactive ketones (excluding diaryl/α,β-unsaturated/α-hetero) is 1. The van der Waals surface area contributed by atoms with Gasteiger partial charge in [0.05, 0.1) is 5.56 Å². The summed E-state index contributed by atoms with van der Waals surface area (Å²) in [6.07, 6.45) is 3.03. The van der Waals surface area contributed by atoms with E-state index in [0.717, 1.165) is 52.0 Å². The van der Waals surface area contributed by atoms with E-state index in [-0.39, 0.29) is 11.7 Å². The summed E-state index contributed by atoms with van der Waals surface area (Å²) in [4.78, 5) is 26.7. The first-order valence-electron chi connectivity index (χ1n) is 8.53. The lowest BCUT2D eigenvalue weighted by Crippen LogP contribution is -2.44. The van der Waals surface area contributed by atoms with Gasteiger partial charge in [0.2, 0.25) is 0 Å². The van der Waals surface area contributed by atoms with Gasteiger partial charge >= 0.3 is 0 Å². The summed E-state index contributed by atoms with van der Waals surface area (Å²) in [7, 11) is 0. The summed E-state index contributed by atoms with van der Waals surface area (Å²) in [5, 5.41) is 6.24. The second kappa shape index (κ2) is 7.27. The Hall–Kier alpha value is -1.66.